The van der Waals surface area contributed by atoms with E-state index in [4.69, 9.17) is 21.1 Å². The molecule has 2 aromatic carbocycles. The Morgan fingerprint density at radius 3 is 2.77 bits per heavy atom. The van der Waals surface area contributed by atoms with E-state index in [2.05, 4.69) is 10.3 Å². The van der Waals surface area contributed by atoms with Gasteiger partial charge in [0.2, 0.25) is 0 Å². The predicted molar refractivity (Wildman–Crippen MR) is 146 cm³/mol. The molecule has 2 saturated heterocycles. The van der Waals surface area contributed by atoms with Gasteiger partial charge in [0.25, 0.3) is 5.91 Å². The number of aromatic nitrogens is 1. The van der Waals surface area contributed by atoms with E-state index in [0.29, 0.717) is 39.9 Å². The number of halogens is 2. The molecule has 0 saturated carbocycles. The first kappa shape index (κ1) is 27.9. The molecule has 2 fully saturated rings. The summed E-state index contributed by atoms with van der Waals surface area (Å²) in [4.78, 5) is 43.2. The normalized spacial score (nSPS) is 18.7. The fraction of sp³-hybridized carbons (Fsp3) is 0.357. The predicted octanol–water partition coefficient (Wildman–Crippen LogP) is 5.26. The molecule has 40 heavy (non-hydrogen) atoms. The van der Waals surface area contributed by atoms with Gasteiger partial charge in [0, 0.05) is 42.7 Å². The lowest BCUT2D eigenvalue weighted by Gasteiger charge is -2.33. The quantitative estimate of drug-likeness (QED) is 0.369. The van der Waals surface area contributed by atoms with Gasteiger partial charge in [0.1, 0.15) is 34.7 Å². The highest BCUT2D eigenvalue weighted by Crippen LogP contribution is 2.40. The lowest BCUT2D eigenvalue weighted by atomic mass is 9.95. The van der Waals surface area contributed by atoms with Gasteiger partial charge in [-0.3, -0.25) is 9.59 Å². The number of benzene rings is 2. The van der Waals surface area contributed by atoms with Crippen LogP contribution in [0, 0.1) is 5.82 Å². The minimum Gasteiger partial charge on any atom is -0.490 e. The zero-order chi connectivity index (χ0) is 28.6. The maximum atomic E-state index is 15.4. The number of fused-ring (bicyclic) bond motifs is 1. The summed E-state index contributed by atoms with van der Waals surface area (Å²) in [5.74, 6) is -2.15. The van der Waals surface area contributed by atoms with Crippen molar-refractivity contribution < 1.29 is 33.4 Å². The molecule has 3 aromatic rings. The lowest BCUT2D eigenvalue weighted by molar-refractivity contribution is -0.142. The van der Waals surface area contributed by atoms with Crippen molar-refractivity contribution in [3.8, 4) is 16.2 Å². The maximum absolute atomic E-state index is 15.4. The number of nitrogens with one attached hydrogen (secondary N) is 1. The van der Waals surface area contributed by atoms with Crippen molar-refractivity contribution in [1.29, 1.82) is 0 Å². The number of amides is 2. The summed E-state index contributed by atoms with van der Waals surface area (Å²) in [6, 6.07) is 9.40. The third-order valence-electron chi connectivity index (χ3n) is 7.12. The summed E-state index contributed by atoms with van der Waals surface area (Å²) in [5.41, 5.74) is -0.284. The SMILES string of the molecule is CC(C)(C(=O)O)c1ncc(-c2cc(F)c(C(=O)NCc3ccc(Cl)cc3)cc2O[C@H]2CCN3C(=O)OC[C@@H]3C2)s1. The van der Waals surface area contributed by atoms with Gasteiger partial charge in [0.05, 0.1) is 16.5 Å². The average Bonchev–Trinajstić information content (AvgIpc) is 3.56. The van der Waals surface area contributed by atoms with Crippen LogP contribution in [-0.4, -0.2) is 58.3 Å². The molecule has 0 aliphatic carbocycles. The Balaban J connectivity index is 1.45. The van der Waals surface area contributed by atoms with E-state index in [0.717, 1.165) is 16.9 Å². The van der Waals surface area contributed by atoms with Gasteiger partial charge in [0.15, 0.2) is 0 Å². The van der Waals surface area contributed by atoms with Crippen molar-refractivity contribution in [2.45, 2.75) is 50.8 Å². The molecule has 2 N–H and O–H groups in total. The highest BCUT2D eigenvalue weighted by atomic mass is 35.5. The number of thiazole rings is 1. The molecule has 12 heteroatoms. The molecule has 2 amide bonds. The Morgan fingerprint density at radius 2 is 2.05 bits per heavy atom. The van der Waals surface area contributed by atoms with Gasteiger partial charge in [-0.15, -0.1) is 11.3 Å². The number of piperidine rings is 1. The van der Waals surface area contributed by atoms with Crippen LogP contribution in [0.25, 0.3) is 10.4 Å². The van der Waals surface area contributed by atoms with E-state index in [1.165, 1.54) is 18.3 Å². The topological polar surface area (TPSA) is 118 Å². The second-order valence-electron chi connectivity index (χ2n) is 10.3. The van der Waals surface area contributed by atoms with E-state index in [1.807, 2.05) is 0 Å². The van der Waals surface area contributed by atoms with Gasteiger partial charge in [-0.2, -0.15) is 0 Å². The zero-order valence-corrected chi connectivity index (χ0v) is 23.4. The molecule has 210 valence electrons. The number of hydrogen-bond donors (Lipinski definition) is 2. The Morgan fingerprint density at radius 1 is 1.30 bits per heavy atom. The van der Waals surface area contributed by atoms with Gasteiger partial charge in [-0.25, -0.2) is 14.2 Å². The van der Waals surface area contributed by atoms with Crippen LogP contribution in [0.4, 0.5) is 9.18 Å². The monoisotopic (exact) mass is 587 g/mol. The number of hydrogen-bond acceptors (Lipinski definition) is 7. The summed E-state index contributed by atoms with van der Waals surface area (Å²) < 4.78 is 26.9. The molecular formula is C28H27ClFN3O6S. The largest absolute Gasteiger partial charge is 0.490 e. The first-order valence-electron chi connectivity index (χ1n) is 12.7. The fourth-order valence-corrected chi connectivity index (χ4v) is 5.78. The van der Waals surface area contributed by atoms with E-state index in [1.54, 1.807) is 43.0 Å². The van der Waals surface area contributed by atoms with E-state index in [9.17, 15) is 19.5 Å². The number of carboxylic acid groups (broad SMARTS) is 1. The molecule has 0 unspecified atom stereocenters. The highest BCUT2D eigenvalue weighted by Gasteiger charge is 2.39. The third-order valence-corrected chi connectivity index (χ3v) is 8.72. The van der Waals surface area contributed by atoms with Crippen LogP contribution in [0.1, 0.15) is 47.6 Å². The van der Waals surface area contributed by atoms with Crippen LogP contribution >= 0.6 is 22.9 Å². The summed E-state index contributed by atoms with van der Waals surface area (Å²) in [7, 11) is 0. The van der Waals surface area contributed by atoms with Crippen molar-refractivity contribution in [1.82, 2.24) is 15.2 Å². The molecule has 2 atom stereocenters. The van der Waals surface area contributed by atoms with Crippen LogP contribution in [-0.2, 0) is 21.5 Å². The second-order valence-corrected chi connectivity index (χ2v) is 11.8. The number of cyclic esters (lactones) is 1. The number of carbonyl (C=O) groups excluding carboxylic acids is 2. The Kier molecular flexibility index (Phi) is 7.70. The molecule has 0 bridgehead atoms. The summed E-state index contributed by atoms with van der Waals surface area (Å²) in [5, 5.41) is 13.3. The first-order valence-corrected chi connectivity index (χ1v) is 13.9. The van der Waals surface area contributed by atoms with Crippen LogP contribution in [0.5, 0.6) is 5.75 Å². The van der Waals surface area contributed by atoms with Gasteiger partial charge < -0.3 is 24.8 Å². The number of ether oxygens (including phenoxy) is 2. The molecule has 3 heterocycles. The van der Waals surface area contributed by atoms with E-state index < -0.39 is 23.1 Å². The number of nitrogens with zero attached hydrogens (tertiary/aromatic N) is 2. The lowest BCUT2D eigenvalue weighted by Crippen LogP contribution is -2.44. The summed E-state index contributed by atoms with van der Waals surface area (Å²) in [6.07, 6.45) is 1.87. The van der Waals surface area contributed by atoms with Crippen molar-refractivity contribution in [2.75, 3.05) is 13.2 Å². The van der Waals surface area contributed by atoms with Crippen LogP contribution in [0.3, 0.4) is 0 Å². The Hall–Kier alpha value is -3.70. The number of carboxylic acids is 1. The molecule has 2 aliphatic heterocycles. The molecule has 5 rings (SSSR count). The minimum atomic E-state index is -1.24. The van der Waals surface area contributed by atoms with Crippen molar-refractivity contribution in [3.05, 3.63) is 69.6 Å². The molecule has 9 nitrogen and oxygen atoms in total. The van der Waals surface area contributed by atoms with Crippen molar-refractivity contribution in [3.63, 3.8) is 0 Å². The third kappa shape index (κ3) is 5.62. The Bertz CT molecular complexity index is 1460. The van der Waals surface area contributed by atoms with E-state index in [-0.39, 0.29) is 42.7 Å². The Labute approximate surface area is 238 Å². The van der Waals surface area contributed by atoms with Gasteiger partial charge in [-0.1, -0.05) is 23.7 Å². The molecule has 1 aromatic heterocycles. The van der Waals surface area contributed by atoms with Crippen LogP contribution in [0.15, 0.2) is 42.6 Å². The molecule has 0 spiro atoms. The number of carbonyl (C=O) groups is 3. The zero-order valence-electron chi connectivity index (χ0n) is 21.8. The van der Waals surface area contributed by atoms with Gasteiger partial charge in [-0.05, 0) is 43.7 Å². The van der Waals surface area contributed by atoms with Crippen molar-refractivity contribution in [2.24, 2.45) is 0 Å². The van der Waals surface area contributed by atoms with Crippen LogP contribution < -0.4 is 10.1 Å². The average molecular weight is 588 g/mol. The summed E-state index contributed by atoms with van der Waals surface area (Å²) >= 11 is 7.04. The van der Waals surface area contributed by atoms with Crippen molar-refractivity contribution >= 4 is 40.9 Å². The van der Waals surface area contributed by atoms with Crippen LogP contribution in [0.2, 0.25) is 5.02 Å². The molecule has 0 radical (unpaired) electrons. The molecule has 2 aliphatic rings. The van der Waals surface area contributed by atoms with Gasteiger partial charge >= 0.3 is 12.1 Å². The first-order chi connectivity index (χ1) is 19.0. The van der Waals surface area contributed by atoms with E-state index >= 15 is 4.39 Å². The number of rotatable bonds is 8. The molecular weight excluding hydrogens is 561 g/mol. The fourth-order valence-electron chi connectivity index (χ4n) is 4.63. The number of aliphatic carboxylic acids is 1. The second kappa shape index (κ2) is 11.1. The standard InChI is InChI=1S/C28H27ClFN3O6S/c1-28(2,26(35)36)25-32-13-23(40-25)20-10-21(30)19(24(34)31-12-15-3-5-16(29)6-4-15)11-22(20)39-18-7-8-33-17(9-18)14-38-27(33)37/h3-6,10-11,13,17-18H,7-9,12,14H2,1-2H3,(H,31,34)(H,35,36)/t17-,18-/m0/s1. The highest BCUT2D eigenvalue weighted by molar-refractivity contribution is 7.15. The smallest absolute Gasteiger partial charge is 0.410 e. The summed E-state index contributed by atoms with van der Waals surface area (Å²) in [6.45, 7) is 3.99. The minimum absolute atomic E-state index is 0.122. The maximum Gasteiger partial charge on any atom is 0.410 e.